The molecule has 32 heavy (non-hydrogen) atoms. The van der Waals surface area contributed by atoms with Crippen molar-refractivity contribution in [2.45, 2.75) is 82.8 Å². The lowest BCUT2D eigenvalue weighted by atomic mass is 9.69. The molecule has 0 radical (unpaired) electrons. The van der Waals surface area contributed by atoms with Gasteiger partial charge < -0.3 is 14.9 Å². The van der Waals surface area contributed by atoms with Gasteiger partial charge in [0.1, 0.15) is 5.82 Å². The van der Waals surface area contributed by atoms with Crippen LogP contribution < -0.4 is 0 Å². The SMILES string of the molecule is CCCCC1(C(=O)O)N=CN(CCC)C1C1CCC(C(c2cccc(F)c2)N(C)C)CC1. The molecule has 5 nitrogen and oxygen atoms in total. The van der Waals surface area contributed by atoms with Gasteiger partial charge >= 0.3 is 5.97 Å². The Morgan fingerprint density at radius 1 is 1.25 bits per heavy atom. The minimum absolute atomic E-state index is 0.0700. The molecule has 0 amide bonds. The molecule has 0 spiro atoms. The van der Waals surface area contributed by atoms with Crippen molar-refractivity contribution in [1.82, 2.24) is 9.80 Å². The molecule has 1 fully saturated rings. The number of halogens is 1. The summed E-state index contributed by atoms with van der Waals surface area (Å²) in [6.07, 6.45) is 9.24. The number of hydrogen-bond donors (Lipinski definition) is 1. The van der Waals surface area contributed by atoms with Crippen molar-refractivity contribution in [3.05, 3.63) is 35.6 Å². The van der Waals surface area contributed by atoms with Gasteiger partial charge in [-0.15, -0.1) is 0 Å². The second-order valence-electron chi connectivity index (χ2n) is 9.90. The molecule has 1 saturated carbocycles. The van der Waals surface area contributed by atoms with E-state index in [1.54, 1.807) is 12.1 Å². The van der Waals surface area contributed by atoms with Gasteiger partial charge in [-0.2, -0.15) is 0 Å². The van der Waals surface area contributed by atoms with Crippen molar-refractivity contribution in [3.63, 3.8) is 0 Å². The number of carbonyl (C=O) groups is 1. The molecule has 1 aromatic rings. The Labute approximate surface area is 192 Å². The summed E-state index contributed by atoms with van der Waals surface area (Å²) in [5, 5.41) is 10.3. The molecule has 3 atom stereocenters. The number of carboxylic acid groups (broad SMARTS) is 1. The molecule has 0 aromatic heterocycles. The number of rotatable bonds is 10. The summed E-state index contributed by atoms with van der Waals surface area (Å²) in [6.45, 7) is 5.08. The Balaban J connectivity index is 1.79. The first-order valence-corrected chi connectivity index (χ1v) is 12.3. The molecule has 1 aliphatic carbocycles. The monoisotopic (exact) mass is 445 g/mol. The van der Waals surface area contributed by atoms with Crippen LogP contribution in [0.4, 0.5) is 4.39 Å². The summed E-state index contributed by atoms with van der Waals surface area (Å²) < 4.78 is 13.9. The number of benzene rings is 1. The van der Waals surface area contributed by atoms with Crippen LogP contribution in [0.15, 0.2) is 29.3 Å². The summed E-state index contributed by atoms with van der Waals surface area (Å²) >= 11 is 0. The van der Waals surface area contributed by atoms with E-state index < -0.39 is 11.5 Å². The third-order valence-corrected chi connectivity index (χ3v) is 7.50. The van der Waals surface area contributed by atoms with Crippen LogP contribution in [-0.4, -0.2) is 59.4 Å². The van der Waals surface area contributed by atoms with E-state index in [4.69, 9.17) is 0 Å². The van der Waals surface area contributed by atoms with Crippen molar-refractivity contribution >= 4 is 12.3 Å². The van der Waals surface area contributed by atoms with Gasteiger partial charge in [-0.3, -0.25) is 4.99 Å². The summed E-state index contributed by atoms with van der Waals surface area (Å²) in [5.41, 5.74) is 0.00437. The maximum absolute atomic E-state index is 13.9. The molecule has 178 valence electrons. The van der Waals surface area contributed by atoms with E-state index in [1.807, 2.05) is 12.4 Å². The first-order valence-electron chi connectivity index (χ1n) is 12.3. The average Bonchev–Trinajstić information content (AvgIpc) is 3.12. The number of carboxylic acids is 1. The van der Waals surface area contributed by atoms with Gasteiger partial charge in [-0.25, -0.2) is 9.18 Å². The Hall–Kier alpha value is -1.95. The van der Waals surface area contributed by atoms with Crippen molar-refractivity contribution < 1.29 is 14.3 Å². The van der Waals surface area contributed by atoms with Gasteiger partial charge in [0.25, 0.3) is 0 Å². The molecule has 1 aromatic carbocycles. The predicted octanol–water partition coefficient (Wildman–Crippen LogP) is 5.37. The second-order valence-corrected chi connectivity index (χ2v) is 9.90. The maximum Gasteiger partial charge on any atom is 0.333 e. The molecular weight excluding hydrogens is 405 g/mol. The topological polar surface area (TPSA) is 56.1 Å². The quantitative estimate of drug-likeness (QED) is 0.526. The summed E-state index contributed by atoms with van der Waals surface area (Å²) in [6, 6.07) is 7.07. The molecular formula is C26H40FN3O2. The summed E-state index contributed by atoms with van der Waals surface area (Å²) in [7, 11) is 4.13. The standard InChI is InChI=1S/C26H40FN3O2/c1-5-7-15-26(25(31)32)24(30(16-6-2)18-28-26)20-13-11-19(12-14-20)23(29(3)4)21-9-8-10-22(27)17-21/h8-10,17-20,23-24H,5-7,11-16H2,1-4H3,(H,31,32). The van der Waals surface area contributed by atoms with Crippen LogP contribution in [0.1, 0.15) is 76.8 Å². The lowest BCUT2D eigenvalue weighted by molar-refractivity contribution is -0.146. The Bertz CT molecular complexity index is 791. The van der Waals surface area contributed by atoms with Crippen LogP contribution in [-0.2, 0) is 4.79 Å². The smallest absolute Gasteiger partial charge is 0.333 e. The van der Waals surface area contributed by atoms with E-state index in [9.17, 15) is 14.3 Å². The lowest BCUT2D eigenvalue weighted by Gasteiger charge is -2.44. The third-order valence-electron chi connectivity index (χ3n) is 7.50. The van der Waals surface area contributed by atoms with Crippen LogP contribution >= 0.6 is 0 Å². The van der Waals surface area contributed by atoms with Crippen molar-refractivity contribution in [2.24, 2.45) is 16.8 Å². The van der Waals surface area contributed by atoms with Gasteiger partial charge in [-0.1, -0.05) is 38.8 Å². The zero-order valence-electron chi connectivity index (χ0n) is 20.1. The Morgan fingerprint density at radius 3 is 2.53 bits per heavy atom. The number of hydrogen-bond acceptors (Lipinski definition) is 4. The number of nitrogens with zero attached hydrogens (tertiary/aromatic N) is 3. The van der Waals surface area contributed by atoms with Crippen molar-refractivity contribution in [2.75, 3.05) is 20.6 Å². The van der Waals surface area contributed by atoms with Gasteiger partial charge in [-0.05, 0) is 82.2 Å². The minimum atomic E-state index is -1.02. The highest BCUT2D eigenvalue weighted by Crippen LogP contribution is 2.45. The fraction of sp³-hybridized carbons (Fsp3) is 0.692. The van der Waals surface area contributed by atoms with Gasteiger partial charge in [0.05, 0.1) is 12.4 Å². The van der Waals surface area contributed by atoms with Crippen LogP contribution in [0.25, 0.3) is 0 Å². The molecule has 1 aliphatic heterocycles. The van der Waals surface area contributed by atoms with Gasteiger partial charge in [0.2, 0.25) is 0 Å². The lowest BCUT2D eigenvalue weighted by Crippen LogP contribution is -2.55. The largest absolute Gasteiger partial charge is 0.479 e. The normalized spacial score (nSPS) is 28.9. The third kappa shape index (κ3) is 5.00. The van der Waals surface area contributed by atoms with E-state index in [-0.39, 0.29) is 17.9 Å². The Kier molecular flexibility index (Phi) is 8.32. The fourth-order valence-corrected chi connectivity index (χ4v) is 6.12. The first-order chi connectivity index (χ1) is 15.3. The zero-order valence-corrected chi connectivity index (χ0v) is 20.1. The molecule has 1 N–H and O–H groups in total. The number of aliphatic imine (C=N–C) groups is 1. The van der Waals surface area contributed by atoms with E-state index >= 15 is 0 Å². The minimum Gasteiger partial charge on any atom is -0.479 e. The molecule has 3 rings (SSSR count). The summed E-state index contributed by atoms with van der Waals surface area (Å²) in [5.74, 6) is -0.231. The number of unbranched alkanes of at least 4 members (excludes halogenated alkanes) is 1. The van der Waals surface area contributed by atoms with Crippen LogP contribution in [0.2, 0.25) is 0 Å². The van der Waals surface area contributed by atoms with E-state index in [1.165, 1.54) is 6.07 Å². The molecule has 3 unspecified atom stereocenters. The van der Waals surface area contributed by atoms with Gasteiger partial charge in [0.15, 0.2) is 5.54 Å². The molecule has 6 heteroatoms. The van der Waals surface area contributed by atoms with Crippen LogP contribution in [0.3, 0.4) is 0 Å². The molecule has 0 bridgehead atoms. The predicted molar refractivity (Wildman–Crippen MR) is 127 cm³/mol. The fourth-order valence-electron chi connectivity index (χ4n) is 6.12. The molecule has 0 saturated heterocycles. The second kappa shape index (κ2) is 10.8. The van der Waals surface area contributed by atoms with Crippen LogP contribution in [0, 0.1) is 17.7 Å². The maximum atomic E-state index is 13.9. The first kappa shape index (κ1) is 24.7. The van der Waals surface area contributed by atoms with Crippen LogP contribution in [0.5, 0.6) is 0 Å². The highest BCUT2D eigenvalue weighted by atomic mass is 19.1. The highest BCUT2D eigenvalue weighted by molar-refractivity contribution is 5.85. The highest BCUT2D eigenvalue weighted by Gasteiger charge is 2.54. The van der Waals surface area contributed by atoms with Crippen molar-refractivity contribution in [3.8, 4) is 0 Å². The van der Waals surface area contributed by atoms with Crippen molar-refractivity contribution in [1.29, 1.82) is 0 Å². The zero-order chi connectivity index (χ0) is 23.3. The average molecular weight is 446 g/mol. The summed E-state index contributed by atoms with van der Waals surface area (Å²) in [4.78, 5) is 21.6. The Morgan fingerprint density at radius 2 is 1.97 bits per heavy atom. The van der Waals surface area contributed by atoms with Gasteiger partial charge in [0, 0.05) is 12.6 Å². The van der Waals surface area contributed by atoms with E-state index in [2.05, 4.69) is 42.7 Å². The number of aliphatic carboxylic acids is 1. The van der Waals surface area contributed by atoms with E-state index in [0.717, 1.165) is 57.1 Å². The molecule has 1 heterocycles. The van der Waals surface area contributed by atoms with E-state index in [0.29, 0.717) is 18.3 Å². The molecule has 2 aliphatic rings.